The third-order valence-corrected chi connectivity index (χ3v) is 5.65. The van der Waals surface area contributed by atoms with Crippen LogP contribution in [0.25, 0.3) is 6.08 Å². The van der Waals surface area contributed by atoms with E-state index < -0.39 is 0 Å². The monoisotopic (exact) mass is 467 g/mol. The molecule has 0 aliphatic carbocycles. The minimum Gasteiger partial charge on any atom is -0.493 e. The van der Waals surface area contributed by atoms with Crippen LogP contribution < -0.4 is 9.64 Å². The summed E-state index contributed by atoms with van der Waals surface area (Å²) in [6.07, 6.45) is 2.74. The smallest absolute Gasteiger partial charge is 0.270 e. The molecule has 1 fully saturated rings. The zero-order chi connectivity index (χ0) is 18.7. The molecule has 7 heteroatoms. The molecule has 1 aliphatic heterocycles. The van der Waals surface area contributed by atoms with E-state index in [2.05, 4.69) is 22.9 Å². The van der Waals surface area contributed by atoms with Crippen LogP contribution in [-0.4, -0.2) is 16.8 Å². The second-order valence-electron chi connectivity index (χ2n) is 5.52. The van der Waals surface area contributed by atoms with Crippen molar-refractivity contribution in [3.05, 3.63) is 62.4 Å². The Morgan fingerprint density at radius 2 is 2.00 bits per heavy atom. The molecule has 3 rings (SSSR count). The van der Waals surface area contributed by atoms with Gasteiger partial charge < -0.3 is 4.74 Å². The standard InChI is InChI=1S/C19H15BrClNO2S2/c1-2-9-24-16-8-3-13(20)10-12(16)11-17-18(23)22(19(25)26-17)15-6-4-14(21)5-7-15/h3-8,10-11H,2,9H2,1H3/b17-11-. The number of halogens is 2. The van der Waals surface area contributed by atoms with E-state index in [4.69, 9.17) is 28.6 Å². The lowest BCUT2D eigenvalue weighted by molar-refractivity contribution is -0.113. The van der Waals surface area contributed by atoms with E-state index in [0.717, 1.165) is 22.2 Å². The molecule has 2 aromatic carbocycles. The first-order valence-electron chi connectivity index (χ1n) is 7.95. The normalized spacial score (nSPS) is 15.8. The van der Waals surface area contributed by atoms with Gasteiger partial charge in [-0.25, -0.2) is 0 Å². The van der Waals surface area contributed by atoms with Crippen molar-refractivity contribution in [2.24, 2.45) is 0 Å². The Morgan fingerprint density at radius 1 is 1.27 bits per heavy atom. The average Bonchev–Trinajstić information content (AvgIpc) is 2.89. The maximum Gasteiger partial charge on any atom is 0.270 e. The first kappa shape index (κ1) is 19.4. The fourth-order valence-electron chi connectivity index (χ4n) is 2.40. The number of ether oxygens (including phenoxy) is 1. The molecule has 0 atom stereocenters. The number of thiocarbonyl (C=S) groups is 1. The van der Waals surface area contributed by atoms with Crippen LogP contribution in [0.3, 0.4) is 0 Å². The summed E-state index contributed by atoms with van der Waals surface area (Å²) in [7, 11) is 0. The summed E-state index contributed by atoms with van der Waals surface area (Å²) < 4.78 is 7.20. The molecular formula is C19H15BrClNO2S2. The van der Waals surface area contributed by atoms with Gasteiger partial charge in [-0.3, -0.25) is 9.69 Å². The summed E-state index contributed by atoms with van der Waals surface area (Å²) in [6.45, 7) is 2.67. The molecule has 0 N–H and O–H groups in total. The van der Waals surface area contributed by atoms with Crippen molar-refractivity contribution in [1.82, 2.24) is 0 Å². The number of carbonyl (C=O) groups excluding carboxylic acids is 1. The van der Waals surface area contributed by atoms with Gasteiger partial charge >= 0.3 is 0 Å². The predicted octanol–water partition coefficient (Wildman–Crippen LogP) is 6.30. The summed E-state index contributed by atoms with van der Waals surface area (Å²) in [6, 6.07) is 12.8. The highest BCUT2D eigenvalue weighted by Crippen LogP contribution is 2.37. The van der Waals surface area contributed by atoms with E-state index >= 15 is 0 Å². The number of thioether (sulfide) groups is 1. The Balaban J connectivity index is 1.93. The van der Waals surface area contributed by atoms with E-state index in [-0.39, 0.29) is 5.91 Å². The molecule has 1 aliphatic rings. The Labute approximate surface area is 175 Å². The Bertz CT molecular complexity index is 884. The van der Waals surface area contributed by atoms with Crippen molar-refractivity contribution >= 4 is 73.5 Å². The summed E-state index contributed by atoms with van der Waals surface area (Å²) in [5.41, 5.74) is 1.54. The summed E-state index contributed by atoms with van der Waals surface area (Å²) in [5, 5.41) is 0.613. The number of hydrogen-bond donors (Lipinski definition) is 0. The second-order valence-corrected chi connectivity index (χ2v) is 8.55. The molecule has 0 saturated carbocycles. The molecule has 0 unspecified atom stereocenters. The van der Waals surface area contributed by atoms with Crippen LogP contribution in [0, 0.1) is 0 Å². The molecule has 26 heavy (non-hydrogen) atoms. The van der Waals surface area contributed by atoms with Crippen LogP contribution in [0.4, 0.5) is 5.69 Å². The number of amides is 1. The van der Waals surface area contributed by atoms with Gasteiger partial charge in [-0.1, -0.05) is 58.4 Å². The molecular weight excluding hydrogens is 454 g/mol. The fraction of sp³-hybridized carbons (Fsp3) is 0.158. The highest BCUT2D eigenvalue weighted by Gasteiger charge is 2.33. The molecule has 3 nitrogen and oxygen atoms in total. The quantitative estimate of drug-likeness (QED) is 0.380. The minimum atomic E-state index is -0.149. The number of hydrogen-bond acceptors (Lipinski definition) is 4. The van der Waals surface area contributed by atoms with Crippen LogP contribution in [0.5, 0.6) is 5.75 Å². The van der Waals surface area contributed by atoms with Gasteiger partial charge in [-0.2, -0.15) is 0 Å². The molecule has 134 valence electrons. The maximum absolute atomic E-state index is 12.9. The number of anilines is 1. The van der Waals surface area contributed by atoms with Gasteiger partial charge in [0.15, 0.2) is 4.32 Å². The molecule has 0 spiro atoms. The van der Waals surface area contributed by atoms with Crippen LogP contribution in [0.2, 0.25) is 5.02 Å². The van der Waals surface area contributed by atoms with Crippen molar-refractivity contribution in [2.45, 2.75) is 13.3 Å². The first-order chi connectivity index (χ1) is 12.5. The number of rotatable bonds is 5. The van der Waals surface area contributed by atoms with E-state index in [1.54, 1.807) is 24.3 Å². The maximum atomic E-state index is 12.9. The van der Waals surface area contributed by atoms with Gasteiger partial charge in [0, 0.05) is 15.1 Å². The predicted molar refractivity (Wildman–Crippen MR) is 117 cm³/mol. The molecule has 0 bridgehead atoms. The van der Waals surface area contributed by atoms with Gasteiger partial charge in [0.25, 0.3) is 5.91 Å². The molecule has 0 aromatic heterocycles. The summed E-state index contributed by atoms with van der Waals surface area (Å²) in [4.78, 5) is 15.0. The van der Waals surface area contributed by atoms with Crippen molar-refractivity contribution in [2.75, 3.05) is 11.5 Å². The van der Waals surface area contributed by atoms with Gasteiger partial charge in [0.1, 0.15) is 5.75 Å². The van der Waals surface area contributed by atoms with E-state index in [1.165, 1.54) is 16.7 Å². The number of carbonyl (C=O) groups is 1. The minimum absolute atomic E-state index is 0.149. The first-order valence-corrected chi connectivity index (χ1v) is 10.3. The lowest BCUT2D eigenvalue weighted by Gasteiger charge is -2.14. The van der Waals surface area contributed by atoms with Crippen molar-refractivity contribution in [3.63, 3.8) is 0 Å². The van der Waals surface area contributed by atoms with Gasteiger partial charge in [0.2, 0.25) is 0 Å². The van der Waals surface area contributed by atoms with Gasteiger partial charge in [-0.05, 0) is 55.0 Å². The third kappa shape index (κ3) is 4.31. The van der Waals surface area contributed by atoms with Crippen molar-refractivity contribution in [3.8, 4) is 5.75 Å². The van der Waals surface area contributed by atoms with Crippen LogP contribution >= 0.6 is 51.5 Å². The lowest BCUT2D eigenvalue weighted by atomic mass is 10.2. The molecule has 1 heterocycles. The van der Waals surface area contributed by atoms with E-state index in [9.17, 15) is 4.79 Å². The van der Waals surface area contributed by atoms with Gasteiger partial charge in [0.05, 0.1) is 17.2 Å². The zero-order valence-corrected chi connectivity index (χ0v) is 17.8. The van der Waals surface area contributed by atoms with Gasteiger partial charge in [-0.15, -0.1) is 0 Å². The van der Waals surface area contributed by atoms with Crippen molar-refractivity contribution in [1.29, 1.82) is 0 Å². The fourth-order valence-corrected chi connectivity index (χ4v) is 4.19. The van der Waals surface area contributed by atoms with Crippen LogP contribution in [0.1, 0.15) is 18.9 Å². The lowest BCUT2D eigenvalue weighted by Crippen LogP contribution is -2.27. The largest absolute Gasteiger partial charge is 0.493 e. The van der Waals surface area contributed by atoms with E-state index in [0.29, 0.717) is 26.5 Å². The highest BCUT2D eigenvalue weighted by atomic mass is 79.9. The van der Waals surface area contributed by atoms with Crippen molar-refractivity contribution < 1.29 is 9.53 Å². The third-order valence-electron chi connectivity index (χ3n) is 3.60. The highest BCUT2D eigenvalue weighted by molar-refractivity contribution is 9.10. The van der Waals surface area contributed by atoms with Crippen LogP contribution in [-0.2, 0) is 4.79 Å². The number of benzene rings is 2. The molecule has 2 aromatic rings. The number of nitrogens with zero attached hydrogens (tertiary/aromatic N) is 1. The van der Waals surface area contributed by atoms with E-state index in [1.807, 2.05) is 24.3 Å². The topological polar surface area (TPSA) is 29.5 Å². The molecule has 0 radical (unpaired) electrons. The summed E-state index contributed by atoms with van der Waals surface area (Å²) in [5.74, 6) is 0.593. The Morgan fingerprint density at radius 3 is 2.69 bits per heavy atom. The zero-order valence-electron chi connectivity index (χ0n) is 13.9. The second kappa shape index (κ2) is 8.57. The van der Waals surface area contributed by atoms with Crippen LogP contribution in [0.15, 0.2) is 51.8 Å². The average molecular weight is 469 g/mol. The Hall–Kier alpha value is -1.34. The summed E-state index contributed by atoms with van der Waals surface area (Å²) >= 11 is 16.1. The molecule has 1 saturated heterocycles. The molecule has 1 amide bonds. The Kier molecular flexibility index (Phi) is 6.40. The SMILES string of the molecule is CCCOc1ccc(Br)cc1/C=C1\SC(=S)N(c2ccc(Cl)cc2)C1=O.